The van der Waals surface area contributed by atoms with Gasteiger partial charge < -0.3 is 15.8 Å². The third-order valence-electron chi connectivity index (χ3n) is 4.69. The minimum Gasteiger partial charge on any atom is -0.495 e. The molecule has 9 nitrogen and oxygen atoms in total. The van der Waals surface area contributed by atoms with Gasteiger partial charge in [-0.25, -0.2) is 8.42 Å². The first-order chi connectivity index (χ1) is 15.9. The van der Waals surface area contributed by atoms with Gasteiger partial charge in [-0.3, -0.25) is 4.31 Å². The lowest BCUT2D eigenvalue weighted by molar-refractivity contribution is 0.415. The number of methoxy groups -OCH3 is 1. The molecule has 0 aliphatic rings. The summed E-state index contributed by atoms with van der Waals surface area (Å²) >= 11 is 1.13. The van der Waals surface area contributed by atoms with Crippen LogP contribution in [-0.4, -0.2) is 30.5 Å². The molecule has 33 heavy (non-hydrogen) atoms. The molecule has 2 heterocycles. The van der Waals surface area contributed by atoms with Crippen molar-refractivity contribution in [1.29, 1.82) is 0 Å². The highest BCUT2D eigenvalue weighted by Gasteiger charge is 2.29. The number of aromatic nitrogens is 3. The van der Waals surface area contributed by atoms with Crippen LogP contribution in [0.3, 0.4) is 0 Å². The molecule has 0 aliphatic heterocycles. The molecule has 11 heteroatoms. The molecule has 2 aromatic carbocycles. The Bertz CT molecular complexity index is 1340. The van der Waals surface area contributed by atoms with Crippen LogP contribution in [0.4, 0.5) is 23.3 Å². The summed E-state index contributed by atoms with van der Waals surface area (Å²) in [6.07, 6.45) is 0. The van der Waals surface area contributed by atoms with E-state index in [-0.39, 0.29) is 28.5 Å². The number of sulfonamides is 1. The van der Waals surface area contributed by atoms with Gasteiger partial charge in [0.25, 0.3) is 10.0 Å². The lowest BCUT2D eigenvalue weighted by Gasteiger charge is -2.25. The second-order valence-corrected chi connectivity index (χ2v) is 10.1. The fourth-order valence-corrected chi connectivity index (χ4v) is 5.65. The number of hydrogen-bond acceptors (Lipinski definition) is 9. The first-order valence-corrected chi connectivity index (χ1v) is 12.2. The summed E-state index contributed by atoms with van der Waals surface area (Å²) < 4.78 is 33.9. The summed E-state index contributed by atoms with van der Waals surface area (Å²) in [7, 11) is -2.44. The van der Waals surface area contributed by atoms with Crippen molar-refractivity contribution < 1.29 is 13.2 Å². The molecule has 2 aromatic heterocycles. The molecule has 0 amide bonds. The summed E-state index contributed by atoms with van der Waals surface area (Å²) in [5, 5.41) is 4.79. The third kappa shape index (κ3) is 5.04. The van der Waals surface area contributed by atoms with E-state index in [4.69, 9.17) is 10.5 Å². The number of aryl methyl sites for hydroxylation is 1. The minimum absolute atomic E-state index is 0.0249. The van der Waals surface area contributed by atoms with Crippen LogP contribution in [0, 0.1) is 6.92 Å². The smallest absolute Gasteiger partial charge is 0.274 e. The molecule has 4 aromatic rings. The molecule has 0 unspecified atom stereocenters. The molecular weight excluding hydrogens is 460 g/mol. The zero-order chi connectivity index (χ0) is 23.4. The number of para-hydroxylation sites is 2. The van der Waals surface area contributed by atoms with E-state index >= 15 is 0 Å². The molecular formula is C22H22N6O3S2. The van der Waals surface area contributed by atoms with Crippen LogP contribution >= 0.6 is 11.3 Å². The Kier molecular flexibility index (Phi) is 6.43. The second kappa shape index (κ2) is 9.43. The Morgan fingerprint density at radius 1 is 1.03 bits per heavy atom. The number of nitrogens with zero attached hydrogens (tertiary/aromatic N) is 4. The van der Waals surface area contributed by atoms with Gasteiger partial charge in [-0.15, -0.1) is 11.3 Å². The van der Waals surface area contributed by atoms with E-state index in [1.165, 1.54) is 11.4 Å². The number of nitrogens with one attached hydrogen (secondary N) is 1. The topological polar surface area (TPSA) is 123 Å². The number of rotatable bonds is 8. The van der Waals surface area contributed by atoms with Gasteiger partial charge in [0.1, 0.15) is 9.96 Å². The maximum atomic E-state index is 13.5. The minimum atomic E-state index is -3.92. The average molecular weight is 483 g/mol. The summed E-state index contributed by atoms with van der Waals surface area (Å²) in [6, 6.07) is 17.8. The molecule has 4 rings (SSSR count). The predicted molar refractivity (Wildman–Crippen MR) is 129 cm³/mol. The van der Waals surface area contributed by atoms with Crippen LogP contribution in [0.1, 0.15) is 11.4 Å². The van der Waals surface area contributed by atoms with Gasteiger partial charge in [0.2, 0.25) is 11.9 Å². The van der Waals surface area contributed by atoms with Gasteiger partial charge in [0, 0.05) is 5.69 Å². The van der Waals surface area contributed by atoms with Crippen LogP contribution in [0.2, 0.25) is 0 Å². The lowest BCUT2D eigenvalue weighted by atomic mass is 10.2. The van der Waals surface area contributed by atoms with Crippen molar-refractivity contribution in [3.8, 4) is 5.75 Å². The fourth-order valence-electron chi connectivity index (χ4n) is 3.11. The van der Waals surface area contributed by atoms with E-state index in [9.17, 15) is 8.42 Å². The van der Waals surface area contributed by atoms with E-state index in [0.717, 1.165) is 22.6 Å². The maximum absolute atomic E-state index is 13.5. The summed E-state index contributed by atoms with van der Waals surface area (Å²) in [4.78, 5) is 12.7. The molecule has 0 saturated heterocycles. The Morgan fingerprint density at radius 2 is 1.79 bits per heavy atom. The van der Waals surface area contributed by atoms with Crippen molar-refractivity contribution in [3.63, 3.8) is 0 Å². The van der Waals surface area contributed by atoms with Crippen LogP contribution in [0.15, 0.2) is 70.3 Å². The number of nitrogens with two attached hydrogens (primary N) is 1. The highest BCUT2D eigenvalue weighted by atomic mass is 32.2. The zero-order valence-electron chi connectivity index (χ0n) is 18.0. The highest BCUT2D eigenvalue weighted by Crippen LogP contribution is 2.34. The lowest BCUT2D eigenvalue weighted by Crippen LogP contribution is -2.31. The number of nitrogen functional groups attached to an aromatic ring is 1. The highest BCUT2D eigenvalue weighted by molar-refractivity contribution is 7.94. The Hall–Kier alpha value is -3.70. The van der Waals surface area contributed by atoms with E-state index in [1.807, 2.05) is 31.2 Å². The SMILES string of the molecule is COc1ccccc1N(Cc1nc(N)nc(Nc2ccc(C)cc2)n1)S(=O)(=O)c1cccs1. The van der Waals surface area contributed by atoms with Gasteiger partial charge in [-0.05, 0) is 42.6 Å². The quantitative estimate of drug-likeness (QED) is 0.387. The van der Waals surface area contributed by atoms with Gasteiger partial charge in [0.15, 0.2) is 5.82 Å². The van der Waals surface area contributed by atoms with Crippen LogP contribution in [-0.2, 0) is 16.6 Å². The number of hydrogen-bond donors (Lipinski definition) is 2. The first-order valence-electron chi connectivity index (χ1n) is 9.90. The van der Waals surface area contributed by atoms with E-state index in [2.05, 4.69) is 20.3 Å². The summed E-state index contributed by atoms with van der Waals surface area (Å²) in [6.45, 7) is 1.82. The molecule has 0 radical (unpaired) electrons. The van der Waals surface area contributed by atoms with Crippen molar-refractivity contribution in [2.45, 2.75) is 17.7 Å². The van der Waals surface area contributed by atoms with Gasteiger partial charge in [0.05, 0.1) is 19.3 Å². The van der Waals surface area contributed by atoms with Gasteiger partial charge in [-0.2, -0.15) is 15.0 Å². The molecule has 0 saturated carbocycles. The average Bonchev–Trinajstić information content (AvgIpc) is 3.35. The molecule has 3 N–H and O–H groups in total. The maximum Gasteiger partial charge on any atom is 0.274 e. The molecule has 0 aliphatic carbocycles. The second-order valence-electron chi connectivity index (χ2n) is 7.04. The number of anilines is 4. The van der Waals surface area contributed by atoms with Crippen LogP contribution in [0.25, 0.3) is 0 Å². The van der Waals surface area contributed by atoms with Crippen molar-refractivity contribution >= 4 is 44.6 Å². The van der Waals surface area contributed by atoms with Crippen molar-refractivity contribution in [1.82, 2.24) is 15.0 Å². The Morgan fingerprint density at radius 3 is 2.48 bits per heavy atom. The monoisotopic (exact) mass is 482 g/mol. The van der Waals surface area contributed by atoms with Crippen molar-refractivity contribution in [3.05, 3.63) is 77.4 Å². The third-order valence-corrected chi connectivity index (χ3v) is 7.82. The van der Waals surface area contributed by atoms with Crippen molar-refractivity contribution in [2.75, 3.05) is 22.5 Å². The Balaban J connectivity index is 1.73. The van der Waals surface area contributed by atoms with Gasteiger partial charge in [-0.1, -0.05) is 35.9 Å². The van der Waals surface area contributed by atoms with Crippen LogP contribution < -0.4 is 20.1 Å². The zero-order valence-corrected chi connectivity index (χ0v) is 19.6. The first kappa shape index (κ1) is 22.5. The number of benzene rings is 2. The summed E-state index contributed by atoms with van der Waals surface area (Å²) in [5.41, 5.74) is 8.16. The molecule has 0 bridgehead atoms. The molecule has 170 valence electrons. The van der Waals surface area contributed by atoms with E-state index in [1.54, 1.807) is 41.8 Å². The summed E-state index contributed by atoms with van der Waals surface area (Å²) in [5.74, 6) is 0.777. The van der Waals surface area contributed by atoms with Crippen molar-refractivity contribution in [2.24, 2.45) is 0 Å². The molecule has 0 fully saturated rings. The molecule has 0 spiro atoms. The Labute approximate surface area is 196 Å². The predicted octanol–water partition coefficient (Wildman–Crippen LogP) is 3.97. The largest absolute Gasteiger partial charge is 0.495 e. The number of thiophene rings is 1. The van der Waals surface area contributed by atoms with Crippen LogP contribution in [0.5, 0.6) is 5.75 Å². The molecule has 0 atom stereocenters. The number of ether oxygens (including phenoxy) is 1. The van der Waals surface area contributed by atoms with Gasteiger partial charge >= 0.3 is 0 Å². The normalized spacial score (nSPS) is 11.2. The van der Waals surface area contributed by atoms with E-state index < -0.39 is 10.0 Å². The fraction of sp³-hybridized carbons (Fsp3) is 0.136. The standard InChI is InChI=1S/C22H22N6O3S2/c1-15-9-11-16(12-10-15)24-22-26-19(25-21(23)27-22)14-28(17-6-3-4-7-18(17)31-2)33(29,30)20-8-5-13-32-20/h3-13H,14H2,1-2H3,(H3,23,24,25,26,27). The van der Waals surface area contributed by atoms with E-state index in [0.29, 0.717) is 11.4 Å².